The van der Waals surface area contributed by atoms with Crippen LogP contribution in [-0.4, -0.2) is 16.2 Å². The molecule has 1 N–H and O–H groups in total. The number of aromatic nitrogens is 1. The maximum atomic E-state index is 10.2. The van der Waals surface area contributed by atoms with Crippen molar-refractivity contribution in [1.82, 2.24) is 4.98 Å². The third-order valence-corrected chi connectivity index (χ3v) is 3.23. The van der Waals surface area contributed by atoms with Gasteiger partial charge in [-0.25, -0.2) is 0 Å². The van der Waals surface area contributed by atoms with Crippen LogP contribution in [0.2, 0.25) is 0 Å². The molecular weight excluding hydrogens is 246 g/mol. The second kappa shape index (κ2) is 5.98. The Labute approximate surface area is 111 Å². The number of hydrogen-bond acceptors (Lipinski definition) is 4. The van der Waals surface area contributed by atoms with Crippen molar-refractivity contribution in [1.29, 1.82) is 0 Å². The lowest BCUT2D eigenvalue weighted by Crippen LogP contribution is -2.07. The molecule has 2 rings (SSSR count). The lowest BCUT2D eigenvalue weighted by Gasteiger charge is -2.13. The molecule has 1 unspecified atom stereocenters. The molecular formula is C14H17NO2S. The molecule has 0 fully saturated rings. The number of pyridine rings is 1. The van der Waals surface area contributed by atoms with E-state index in [1.54, 1.807) is 23.7 Å². The number of nitrogens with zero attached hydrogens (tertiary/aromatic N) is 1. The van der Waals surface area contributed by atoms with Gasteiger partial charge in [-0.05, 0) is 42.3 Å². The summed E-state index contributed by atoms with van der Waals surface area (Å²) in [4.78, 5) is 4.11. The number of aliphatic hydroxyl groups excluding tert-OH is 1. The highest BCUT2D eigenvalue weighted by Crippen LogP contribution is 2.22. The van der Waals surface area contributed by atoms with Gasteiger partial charge in [-0.15, -0.1) is 0 Å². The number of rotatable bonds is 5. The van der Waals surface area contributed by atoms with E-state index in [1.165, 1.54) is 0 Å². The predicted molar refractivity (Wildman–Crippen MR) is 73.0 cm³/mol. The lowest BCUT2D eigenvalue weighted by atomic mass is 10.1. The van der Waals surface area contributed by atoms with E-state index in [-0.39, 0.29) is 6.10 Å². The molecule has 18 heavy (non-hydrogen) atoms. The molecule has 0 saturated heterocycles. The van der Waals surface area contributed by atoms with Crippen molar-refractivity contribution in [3.05, 3.63) is 46.4 Å². The summed E-state index contributed by atoms with van der Waals surface area (Å²) in [5.41, 5.74) is 1.93. The summed E-state index contributed by atoms with van der Waals surface area (Å²) in [6, 6.07) is 3.87. The van der Waals surface area contributed by atoms with Crippen LogP contribution in [-0.2, 0) is 6.42 Å². The first-order chi connectivity index (χ1) is 8.65. The van der Waals surface area contributed by atoms with Gasteiger partial charge in [0.05, 0.1) is 18.4 Å². The van der Waals surface area contributed by atoms with E-state index in [2.05, 4.69) is 4.98 Å². The minimum absolute atomic E-state index is 0.107. The van der Waals surface area contributed by atoms with Gasteiger partial charge in [-0.1, -0.05) is 0 Å². The summed E-state index contributed by atoms with van der Waals surface area (Å²) in [7, 11) is 0. The largest absolute Gasteiger partial charge is 0.489 e. The normalized spacial score (nSPS) is 12.7. The molecule has 0 bridgehead atoms. The van der Waals surface area contributed by atoms with Gasteiger partial charge < -0.3 is 9.84 Å². The van der Waals surface area contributed by atoms with Crippen molar-refractivity contribution in [2.24, 2.45) is 0 Å². The Balaban J connectivity index is 2.07. The summed E-state index contributed by atoms with van der Waals surface area (Å²) in [6.45, 7) is 3.93. The van der Waals surface area contributed by atoms with E-state index >= 15 is 0 Å². The van der Waals surface area contributed by atoms with Gasteiger partial charge in [0.1, 0.15) is 5.75 Å². The topological polar surface area (TPSA) is 42.4 Å². The van der Waals surface area contributed by atoms with Crippen LogP contribution < -0.4 is 4.74 Å². The van der Waals surface area contributed by atoms with Crippen LogP contribution in [0, 0.1) is 0 Å². The first-order valence-electron chi connectivity index (χ1n) is 5.96. The van der Waals surface area contributed by atoms with Crippen LogP contribution in [0.5, 0.6) is 5.75 Å². The fraction of sp³-hybridized carbons (Fsp3) is 0.357. The first kappa shape index (κ1) is 13.1. The van der Waals surface area contributed by atoms with Crippen LogP contribution in [0.15, 0.2) is 35.3 Å². The van der Waals surface area contributed by atoms with Gasteiger partial charge >= 0.3 is 0 Å². The summed E-state index contributed by atoms with van der Waals surface area (Å²) < 4.78 is 5.57. The fourth-order valence-corrected chi connectivity index (χ4v) is 2.39. The van der Waals surface area contributed by atoms with Crippen LogP contribution in [0.4, 0.5) is 0 Å². The molecule has 4 heteroatoms. The molecule has 0 aliphatic carbocycles. The van der Waals surface area contributed by atoms with Crippen molar-refractivity contribution >= 4 is 11.3 Å². The van der Waals surface area contributed by atoms with Crippen molar-refractivity contribution < 1.29 is 9.84 Å². The number of aliphatic hydroxyl groups is 1. The van der Waals surface area contributed by atoms with Crippen molar-refractivity contribution in [3.8, 4) is 5.75 Å². The molecule has 2 aromatic rings. The van der Waals surface area contributed by atoms with Gasteiger partial charge in [0.25, 0.3) is 0 Å². The summed E-state index contributed by atoms with van der Waals surface area (Å²) in [6.07, 6.45) is 3.53. The zero-order valence-corrected chi connectivity index (χ0v) is 11.4. The maximum absolute atomic E-state index is 10.2. The quantitative estimate of drug-likeness (QED) is 0.900. The third kappa shape index (κ3) is 3.55. The van der Waals surface area contributed by atoms with E-state index < -0.39 is 6.10 Å². The Morgan fingerprint density at radius 2 is 2.22 bits per heavy atom. The number of thiophene rings is 1. The van der Waals surface area contributed by atoms with Gasteiger partial charge in [0.2, 0.25) is 0 Å². The fourth-order valence-electron chi connectivity index (χ4n) is 1.70. The monoisotopic (exact) mass is 263 g/mol. The molecule has 0 saturated carbocycles. The second-order valence-electron chi connectivity index (χ2n) is 4.47. The van der Waals surface area contributed by atoms with Crippen LogP contribution in [0.3, 0.4) is 0 Å². The molecule has 0 aliphatic rings. The minimum Gasteiger partial charge on any atom is -0.489 e. The zero-order chi connectivity index (χ0) is 13.0. The van der Waals surface area contributed by atoms with E-state index in [0.29, 0.717) is 12.2 Å². The highest BCUT2D eigenvalue weighted by Gasteiger charge is 2.11. The molecule has 3 nitrogen and oxygen atoms in total. The molecule has 96 valence electrons. The Morgan fingerprint density at radius 3 is 2.89 bits per heavy atom. The molecule has 0 spiro atoms. The van der Waals surface area contributed by atoms with Gasteiger partial charge in [0.15, 0.2) is 0 Å². The highest BCUT2D eigenvalue weighted by atomic mass is 32.1. The van der Waals surface area contributed by atoms with Gasteiger partial charge in [-0.2, -0.15) is 11.3 Å². The Bertz CT molecular complexity index is 482. The van der Waals surface area contributed by atoms with Crippen molar-refractivity contribution in [2.45, 2.75) is 32.5 Å². The maximum Gasteiger partial charge on any atom is 0.138 e. The second-order valence-corrected chi connectivity index (χ2v) is 5.25. The average Bonchev–Trinajstić information content (AvgIpc) is 2.81. The first-order valence-corrected chi connectivity index (χ1v) is 6.90. The van der Waals surface area contributed by atoms with Crippen LogP contribution >= 0.6 is 11.3 Å². The predicted octanol–water partition coefficient (Wildman–Crippen LogP) is 3.21. The molecule has 1 atom stereocenters. The molecule has 2 aromatic heterocycles. The average molecular weight is 263 g/mol. The molecule has 2 heterocycles. The molecule has 0 aliphatic heterocycles. The van der Waals surface area contributed by atoms with E-state index in [9.17, 15) is 5.11 Å². The van der Waals surface area contributed by atoms with Gasteiger partial charge in [0, 0.05) is 18.2 Å². The van der Waals surface area contributed by atoms with E-state index in [4.69, 9.17) is 4.74 Å². The van der Waals surface area contributed by atoms with E-state index in [0.717, 1.165) is 11.1 Å². The zero-order valence-electron chi connectivity index (χ0n) is 10.5. The molecule has 0 amide bonds. The van der Waals surface area contributed by atoms with Crippen LogP contribution in [0.25, 0.3) is 0 Å². The van der Waals surface area contributed by atoms with Crippen molar-refractivity contribution in [3.63, 3.8) is 0 Å². The Hall–Kier alpha value is -1.39. The summed E-state index contributed by atoms with van der Waals surface area (Å²) in [5.74, 6) is 0.701. The van der Waals surface area contributed by atoms with Crippen LogP contribution in [0.1, 0.15) is 31.1 Å². The minimum atomic E-state index is -0.539. The van der Waals surface area contributed by atoms with Crippen molar-refractivity contribution in [2.75, 3.05) is 0 Å². The SMILES string of the molecule is CC(C)Oc1cncc(C(O)Cc2ccsc2)c1. The van der Waals surface area contributed by atoms with Gasteiger partial charge in [-0.3, -0.25) is 4.98 Å². The summed E-state index contributed by atoms with van der Waals surface area (Å²) >= 11 is 1.64. The van der Waals surface area contributed by atoms with E-state index in [1.807, 2.05) is 36.7 Å². The molecule has 0 radical (unpaired) electrons. The number of ether oxygens (including phenoxy) is 1. The smallest absolute Gasteiger partial charge is 0.138 e. The number of hydrogen-bond donors (Lipinski definition) is 1. The highest BCUT2D eigenvalue weighted by molar-refractivity contribution is 7.07. The summed E-state index contributed by atoms with van der Waals surface area (Å²) in [5, 5.41) is 14.2. The molecule has 0 aromatic carbocycles. The standard InChI is InChI=1S/C14H17NO2S/c1-10(2)17-13-6-12(7-15-8-13)14(16)5-11-3-4-18-9-11/h3-4,6-10,14,16H,5H2,1-2H3. The Morgan fingerprint density at radius 1 is 1.39 bits per heavy atom. The Kier molecular flexibility index (Phi) is 4.33. The third-order valence-electron chi connectivity index (χ3n) is 2.50. The lowest BCUT2D eigenvalue weighted by molar-refractivity contribution is 0.176.